The summed E-state index contributed by atoms with van der Waals surface area (Å²) < 4.78 is 12.9. The molecular weight excluding hydrogens is 531 g/mol. The molecule has 0 radical (unpaired) electrons. The number of ether oxygens (including phenoxy) is 2. The fourth-order valence-electron chi connectivity index (χ4n) is 4.55. The van der Waals surface area contributed by atoms with E-state index in [9.17, 15) is 14.4 Å². The monoisotopic (exact) mass is 562 g/mol. The largest absolute Gasteiger partial charge is 0.444 e. The first kappa shape index (κ1) is 28.0. The SMILES string of the molecule is CC(C)(C)OC(=O)NC(COCc1ccc(Cl)c(Cl)c1)C(=O)N1CCC(n2c(=O)[nH]c3ccccc32)CC1. The highest BCUT2D eigenvalue weighted by molar-refractivity contribution is 6.42. The van der Waals surface area contributed by atoms with Gasteiger partial charge in [0.15, 0.2) is 0 Å². The molecule has 1 atom stereocenters. The van der Waals surface area contributed by atoms with Gasteiger partial charge in [0, 0.05) is 19.1 Å². The number of alkyl carbamates (subject to hydrolysis) is 1. The molecule has 204 valence electrons. The van der Waals surface area contributed by atoms with Crippen molar-refractivity contribution >= 4 is 46.2 Å². The van der Waals surface area contributed by atoms with Gasteiger partial charge in [-0.2, -0.15) is 0 Å². The van der Waals surface area contributed by atoms with E-state index in [-0.39, 0.29) is 30.9 Å². The second-order valence-corrected chi connectivity index (χ2v) is 11.2. The van der Waals surface area contributed by atoms with E-state index >= 15 is 0 Å². The van der Waals surface area contributed by atoms with E-state index in [0.717, 1.165) is 16.6 Å². The van der Waals surface area contributed by atoms with Crippen LogP contribution in [-0.2, 0) is 20.9 Å². The number of benzene rings is 2. The summed E-state index contributed by atoms with van der Waals surface area (Å²) in [5, 5.41) is 3.51. The van der Waals surface area contributed by atoms with Gasteiger partial charge in [0.05, 0.1) is 34.3 Å². The van der Waals surface area contributed by atoms with Crippen molar-refractivity contribution in [1.29, 1.82) is 0 Å². The van der Waals surface area contributed by atoms with E-state index in [1.165, 1.54) is 0 Å². The zero-order chi connectivity index (χ0) is 27.4. The van der Waals surface area contributed by atoms with E-state index in [2.05, 4.69) is 10.3 Å². The number of aromatic amines is 1. The van der Waals surface area contributed by atoms with Crippen LogP contribution in [0.1, 0.15) is 45.2 Å². The lowest BCUT2D eigenvalue weighted by atomic mass is 10.0. The number of para-hydroxylation sites is 2. The molecular formula is C27H32Cl2N4O5. The van der Waals surface area contributed by atoms with Crippen LogP contribution >= 0.6 is 23.2 Å². The van der Waals surface area contributed by atoms with E-state index in [1.807, 2.05) is 24.3 Å². The maximum Gasteiger partial charge on any atom is 0.408 e. The number of nitrogens with zero attached hydrogens (tertiary/aromatic N) is 2. The zero-order valence-electron chi connectivity index (χ0n) is 21.6. The number of H-pyrrole nitrogens is 1. The second kappa shape index (κ2) is 11.8. The first-order valence-electron chi connectivity index (χ1n) is 12.5. The summed E-state index contributed by atoms with van der Waals surface area (Å²) in [7, 11) is 0. The van der Waals surface area contributed by atoms with Crippen LogP contribution in [0.3, 0.4) is 0 Å². The van der Waals surface area contributed by atoms with Gasteiger partial charge in [0.1, 0.15) is 11.6 Å². The summed E-state index contributed by atoms with van der Waals surface area (Å²) in [5.74, 6) is -0.269. The molecule has 0 spiro atoms. The molecule has 0 saturated carbocycles. The minimum atomic E-state index is -0.944. The number of imidazole rings is 1. The van der Waals surface area contributed by atoms with Crippen molar-refractivity contribution in [2.45, 2.75) is 57.9 Å². The second-order valence-electron chi connectivity index (χ2n) is 10.3. The topological polar surface area (TPSA) is 106 Å². The summed E-state index contributed by atoms with van der Waals surface area (Å²) in [6.45, 7) is 6.26. The smallest absolute Gasteiger partial charge is 0.408 e. The van der Waals surface area contributed by atoms with Gasteiger partial charge in [-0.3, -0.25) is 9.36 Å². The lowest BCUT2D eigenvalue weighted by molar-refractivity contribution is -0.136. The van der Waals surface area contributed by atoms with Crippen LogP contribution in [0.25, 0.3) is 11.0 Å². The third-order valence-electron chi connectivity index (χ3n) is 6.29. The van der Waals surface area contributed by atoms with Crippen LogP contribution in [-0.4, -0.2) is 57.8 Å². The van der Waals surface area contributed by atoms with E-state index in [0.29, 0.717) is 36.0 Å². The molecule has 1 aliphatic rings. The van der Waals surface area contributed by atoms with E-state index in [4.69, 9.17) is 32.7 Å². The molecule has 2 amide bonds. The molecule has 1 aromatic heterocycles. The van der Waals surface area contributed by atoms with Gasteiger partial charge < -0.3 is 24.7 Å². The summed E-state index contributed by atoms with van der Waals surface area (Å²) in [6, 6.07) is 11.7. The van der Waals surface area contributed by atoms with E-state index in [1.54, 1.807) is 48.4 Å². The average Bonchev–Trinajstić information content (AvgIpc) is 3.19. The highest BCUT2D eigenvalue weighted by atomic mass is 35.5. The predicted molar refractivity (Wildman–Crippen MR) is 147 cm³/mol. The third kappa shape index (κ3) is 6.89. The Labute approximate surface area is 231 Å². The van der Waals surface area contributed by atoms with Crippen molar-refractivity contribution < 1.29 is 19.1 Å². The fourth-order valence-corrected chi connectivity index (χ4v) is 4.87. The van der Waals surface area contributed by atoms with Gasteiger partial charge in [-0.05, 0) is 63.4 Å². The van der Waals surface area contributed by atoms with Crippen molar-refractivity contribution in [3.8, 4) is 0 Å². The quantitative estimate of drug-likeness (QED) is 0.425. The Morgan fingerprint density at radius 1 is 1.11 bits per heavy atom. The first-order valence-corrected chi connectivity index (χ1v) is 13.3. The maximum absolute atomic E-state index is 13.5. The Bertz CT molecular complexity index is 1360. The summed E-state index contributed by atoms with van der Waals surface area (Å²) >= 11 is 12.1. The Hall–Kier alpha value is -3.01. The van der Waals surface area contributed by atoms with Crippen LogP contribution in [0.4, 0.5) is 4.79 Å². The Morgan fingerprint density at radius 3 is 2.50 bits per heavy atom. The normalized spacial score (nSPS) is 15.4. The number of amides is 2. The van der Waals surface area contributed by atoms with Crippen molar-refractivity contribution in [2.24, 2.45) is 0 Å². The lowest BCUT2D eigenvalue weighted by Gasteiger charge is -2.35. The maximum atomic E-state index is 13.5. The molecule has 0 bridgehead atoms. The molecule has 2 heterocycles. The number of rotatable bonds is 7. The molecule has 0 aliphatic carbocycles. The van der Waals surface area contributed by atoms with Crippen LogP contribution in [0.5, 0.6) is 0 Å². The predicted octanol–water partition coefficient (Wildman–Crippen LogP) is 4.91. The number of likely N-dealkylation sites (tertiary alicyclic amines) is 1. The number of aromatic nitrogens is 2. The molecule has 9 nitrogen and oxygen atoms in total. The number of hydrogen-bond acceptors (Lipinski definition) is 5. The molecule has 1 saturated heterocycles. The summed E-state index contributed by atoms with van der Waals surface area (Å²) in [6.07, 6.45) is 0.516. The molecule has 1 aliphatic heterocycles. The van der Waals surface area contributed by atoms with Gasteiger partial charge in [-0.25, -0.2) is 9.59 Å². The van der Waals surface area contributed by atoms with Crippen molar-refractivity contribution in [3.05, 3.63) is 68.6 Å². The van der Waals surface area contributed by atoms with Crippen LogP contribution < -0.4 is 11.0 Å². The number of carbonyl (C=O) groups excluding carboxylic acids is 2. The molecule has 2 N–H and O–H groups in total. The fraction of sp³-hybridized carbons (Fsp3) is 0.444. The standard InChI is InChI=1S/C27H32Cl2N4O5/c1-27(2,3)38-26(36)31-22(16-37-15-17-8-9-19(28)20(29)14-17)24(34)32-12-10-18(11-13-32)33-23-7-5-4-6-21(23)30-25(33)35/h4-9,14,18,22H,10-13,15-16H2,1-3H3,(H,30,35)(H,31,36). The number of nitrogens with one attached hydrogen (secondary N) is 2. The number of hydrogen-bond donors (Lipinski definition) is 2. The van der Waals surface area contributed by atoms with Gasteiger partial charge >= 0.3 is 11.8 Å². The Morgan fingerprint density at radius 2 is 1.82 bits per heavy atom. The summed E-state index contributed by atoms with van der Waals surface area (Å²) in [4.78, 5) is 43.2. The highest BCUT2D eigenvalue weighted by Gasteiger charge is 2.32. The molecule has 2 aromatic carbocycles. The van der Waals surface area contributed by atoms with Crippen LogP contribution in [0.15, 0.2) is 47.3 Å². The number of carbonyl (C=O) groups is 2. The minimum absolute atomic E-state index is 0.0362. The lowest BCUT2D eigenvalue weighted by Crippen LogP contribution is -2.53. The molecule has 4 rings (SSSR count). The van der Waals surface area contributed by atoms with Crippen LogP contribution in [0.2, 0.25) is 10.0 Å². The van der Waals surface area contributed by atoms with Crippen molar-refractivity contribution in [1.82, 2.24) is 19.8 Å². The van der Waals surface area contributed by atoms with Gasteiger partial charge in [0.2, 0.25) is 5.91 Å². The molecule has 38 heavy (non-hydrogen) atoms. The Kier molecular flexibility index (Phi) is 8.70. The molecule has 3 aromatic rings. The Balaban J connectivity index is 1.41. The van der Waals surface area contributed by atoms with Crippen molar-refractivity contribution in [3.63, 3.8) is 0 Å². The number of halogens is 2. The zero-order valence-corrected chi connectivity index (χ0v) is 23.1. The van der Waals surface area contributed by atoms with Gasteiger partial charge in [0.25, 0.3) is 0 Å². The minimum Gasteiger partial charge on any atom is -0.444 e. The van der Waals surface area contributed by atoms with E-state index < -0.39 is 17.7 Å². The highest BCUT2D eigenvalue weighted by Crippen LogP contribution is 2.26. The summed E-state index contributed by atoms with van der Waals surface area (Å²) in [5.41, 5.74) is 1.55. The van der Waals surface area contributed by atoms with Crippen molar-refractivity contribution in [2.75, 3.05) is 19.7 Å². The van der Waals surface area contributed by atoms with Gasteiger partial charge in [-0.15, -0.1) is 0 Å². The molecule has 1 fully saturated rings. The molecule has 11 heteroatoms. The number of piperidine rings is 1. The first-order chi connectivity index (χ1) is 18.0. The van der Waals surface area contributed by atoms with Crippen LogP contribution in [0, 0.1) is 0 Å². The average molecular weight is 563 g/mol. The molecule has 1 unspecified atom stereocenters. The van der Waals surface area contributed by atoms with Gasteiger partial charge in [-0.1, -0.05) is 41.4 Å². The third-order valence-corrected chi connectivity index (χ3v) is 7.03. The number of fused-ring (bicyclic) bond motifs is 1.